The number of benzene rings is 1. The molecule has 1 heterocycles. The topological polar surface area (TPSA) is 49.4 Å². The molecule has 3 fully saturated rings. The van der Waals surface area contributed by atoms with Crippen LogP contribution in [0.15, 0.2) is 30.3 Å². The second-order valence-electron chi connectivity index (χ2n) is 5.99. The number of nitrogens with zero attached hydrogens (tertiary/aromatic N) is 1. The van der Waals surface area contributed by atoms with Crippen molar-refractivity contribution in [3.63, 3.8) is 0 Å². The quantitative estimate of drug-likeness (QED) is 0.599. The zero-order chi connectivity index (χ0) is 14.7. The predicted octanol–water partition coefficient (Wildman–Crippen LogP) is 2.79. The van der Waals surface area contributed by atoms with E-state index in [4.69, 9.17) is 0 Å². The number of fused-ring (bicyclic) bond motifs is 5. The number of anilines is 1. The average molecular weight is 414 g/mol. The Morgan fingerprint density at radius 2 is 1.48 bits per heavy atom. The highest BCUT2D eigenvalue weighted by Gasteiger charge is 2.66. The van der Waals surface area contributed by atoms with Gasteiger partial charge in [0.25, 0.3) is 11.8 Å². The molecule has 4 nitrogen and oxygen atoms in total. The number of hydrogen-bond donors (Lipinski definition) is 1. The third kappa shape index (κ3) is 1.84. The smallest absolute Gasteiger partial charge is 0.252 e. The Hall–Kier alpha value is -0.880. The number of hydrazine groups is 1. The molecule has 0 aromatic heterocycles. The molecule has 3 aliphatic rings. The fourth-order valence-corrected chi connectivity index (χ4v) is 5.97. The summed E-state index contributed by atoms with van der Waals surface area (Å²) in [6, 6.07) is 9.36. The second-order valence-corrected chi connectivity index (χ2v) is 8.11. The van der Waals surface area contributed by atoms with Crippen molar-refractivity contribution in [3.8, 4) is 0 Å². The molecule has 1 aliphatic heterocycles. The van der Waals surface area contributed by atoms with E-state index in [1.165, 1.54) is 5.01 Å². The third-order valence-electron chi connectivity index (χ3n) is 5.00. The fraction of sp³-hybridized carbons (Fsp3) is 0.467. The van der Waals surface area contributed by atoms with Crippen molar-refractivity contribution >= 4 is 49.4 Å². The molecule has 6 atom stereocenters. The number of nitrogens with one attached hydrogen (secondary N) is 1. The molecule has 0 spiro atoms. The standard InChI is InChI=1S/C15H14Br2N2O2/c16-12-8-6-9(13(12)17)11-10(8)14(20)19(15(11)21)18-7-4-2-1-3-5-7/h1-5,8-13,18H,6H2/t8-,9-,10-,11+,12-,13+/m0/s1. The van der Waals surface area contributed by atoms with Crippen LogP contribution in [0.4, 0.5) is 5.69 Å². The zero-order valence-electron chi connectivity index (χ0n) is 11.1. The van der Waals surface area contributed by atoms with Crippen molar-refractivity contribution in [1.82, 2.24) is 5.01 Å². The Labute approximate surface area is 139 Å². The molecule has 1 N–H and O–H groups in total. The van der Waals surface area contributed by atoms with E-state index in [0.29, 0.717) is 0 Å². The van der Waals surface area contributed by atoms with Gasteiger partial charge in [0.2, 0.25) is 0 Å². The molecule has 0 radical (unpaired) electrons. The minimum atomic E-state index is -0.170. The van der Waals surface area contributed by atoms with Crippen molar-refractivity contribution < 1.29 is 9.59 Å². The van der Waals surface area contributed by atoms with E-state index in [9.17, 15) is 9.59 Å². The Morgan fingerprint density at radius 1 is 0.952 bits per heavy atom. The number of halogens is 2. The van der Waals surface area contributed by atoms with Crippen LogP contribution in [0, 0.1) is 23.7 Å². The maximum atomic E-state index is 12.7. The summed E-state index contributed by atoms with van der Waals surface area (Å²) in [5, 5.41) is 1.23. The van der Waals surface area contributed by atoms with Crippen LogP contribution in [0.2, 0.25) is 0 Å². The summed E-state index contributed by atoms with van der Waals surface area (Å²) in [5.41, 5.74) is 3.73. The summed E-state index contributed by atoms with van der Waals surface area (Å²) < 4.78 is 0. The van der Waals surface area contributed by atoms with Gasteiger partial charge in [0.05, 0.1) is 17.5 Å². The van der Waals surface area contributed by atoms with Gasteiger partial charge in [-0.05, 0) is 30.4 Å². The van der Waals surface area contributed by atoms with Gasteiger partial charge in [0, 0.05) is 9.65 Å². The Balaban J connectivity index is 1.62. The van der Waals surface area contributed by atoms with E-state index < -0.39 is 0 Å². The lowest BCUT2D eigenvalue weighted by Crippen LogP contribution is -2.38. The number of rotatable bonds is 2. The molecule has 2 saturated carbocycles. The van der Waals surface area contributed by atoms with Crippen molar-refractivity contribution in [2.45, 2.75) is 16.1 Å². The minimum Gasteiger partial charge on any atom is -0.289 e. The number of carbonyl (C=O) groups is 2. The summed E-state index contributed by atoms with van der Waals surface area (Å²) in [5.74, 6) is 0.0102. The van der Waals surface area contributed by atoms with Crippen LogP contribution in [0.3, 0.4) is 0 Å². The first kappa shape index (κ1) is 13.8. The van der Waals surface area contributed by atoms with Crippen LogP contribution in [0.5, 0.6) is 0 Å². The van der Waals surface area contributed by atoms with E-state index in [0.717, 1.165) is 12.1 Å². The monoisotopic (exact) mass is 412 g/mol. The molecular weight excluding hydrogens is 400 g/mol. The lowest BCUT2D eigenvalue weighted by molar-refractivity contribution is -0.139. The zero-order valence-corrected chi connectivity index (χ0v) is 14.2. The van der Waals surface area contributed by atoms with E-state index in [2.05, 4.69) is 37.3 Å². The van der Waals surface area contributed by atoms with Crippen LogP contribution in [0.25, 0.3) is 0 Å². The highest BCUT2D eigenvalue weighted by atomic mass is 79.9. The van der Waals surface area contributed by atoms with E-state index in [-0.39, 0.29) is 45.1 Å². The van der Waals surface area contributed by atoms with Crippen LogP contribution >= 0.6 is 31.9 Å². The molecule has 1 saturated heterocycles. The van der Waals surface area contributed by atoms with Crippen molar-refractivity contribution in [2.75, 3.05) is 5.43 Å². The summed E-state index contributed by atoms with van der Waals surface area (Å²) in [7, 11) is 0. The molecule has 2 bridgehead atoms. The summed E-state index contributed by atoms with van der Waals surface area (Å²) in [6.45, 7) is 0. The Bertz CT molecular complexity index is 577. The second kappa shape index (κ2) is 4.81. The largest absolute Gasteiger partial charge is 0.289 e. The number of alkyl halides is 2. The van der Waals surface area contributed by atoms with Gasteiger partial charge in [-0.2, -0.15) is 5.01 Å². The van der Waals surface area contributed by atoms with Crippen molar-refractivity contribution in [2.24, 2.45) is 23.7 Å². The highest BCUT2D eigenvalue weighted by Crippen LogP contribution is 2.60. The Morgan fingerprint density at radius 3 is 2.00 bits per heavy atom. The maximum Gasteiger partial charge on any atom is 0.252 e. The molecule has 21 heavy (non-hydrogen) atoms. The number of carbonyl (C=O) groups excluding carboxylic acids is 2. The molecule has 2 aliphatic carbocycles. The summed E-state index contributed by atoms with van der Waals surface area (Å²) in [6.07, 6.45) is 0.956. The number of amides is 2. The third-order valence-corrected chi connectivity index (χ3v) is 8.21. The van der Waals surface area contributed by atoms with Gasteiger partial charge in [0.1, 0.15) is 0 Å². The molecule has 4 rings (SSSR count). The summed E-state index contributed by atoms with van der Waals surface area (Å²) >= 11 is 7.36. The molecular formula is C15H14Br2N2O2. The number of imide groups is 1. The lowest BCUT2D eigenvalue weighted by Gasteiger charge is -2.28. The maximum absolute atomic E-state index is 12.7. The van der Waals surface area contributed by atoms with Crippen molar-refractivity contribution in [1.29, 1.82) is 0 Å². The Kier molecular flexibility index (Phi) is 3.15. The molecule has 1 aromatic rings. The van der Waals surface area contributed by atoms with Gasteiger partial charge < -0.3 is 0 Å². The fourth-order valence-electron chi connectivity index (χ4n) is 4.10. The highest BCUT2D eigenvalue weighted by molar-refractivity contribution is 9.12. The van der Waals surface area contributed by atoms with Gasteiger partial charge in [0.15, 0.2) is 0 Å². The lowest BCUT2D eigenvalue weighted by atomic mass is 9.81. The molecule has 1 aromatic carbocycles. The van der Waals surface area contributed by atoms with Gasteiger partial charge in [-0.15, -0.1) is 0 Å². The minimum absolute atomic E-state index is 0.0785. The SMILES string of the molecule is O=C1[C@@H]2[C@@H]3C[C@H]([C@H](Br)[C@@H]3Br)[C@@H]2C(=O)N1Nc1ccccc1. The predicted molar refractivity (Wildman–Crippen MR) is 85.9 cm³/mol. The van der Waals surface area contributed by atoms with Gasteiger partial charge in [-0.1, -0.05) is 50.1 Å². The molecule has 6 heteroatoms. The van der Waals surface area contributed by atoms with Crippen LogP contribution in [-0.4, -0.2) is 26.5 Å². The first-order valence-corrected chi connectivity index (χ1v) is 8.90. The molecule has 110 valence electrons. The number of hydrogen-bond acceptors (Lipinski definition) is 3. The molecule has 2 amide bonds. The summed E-state index contributed by atoms with van der Waals surface area (Å²) in [4.78, 5) is 25.9. The van der Waals surface area contributed by atoms with Gasteiger partial charge in [-0.25, -0.2) is 0 Å². The number of para-hydroxylation sites is 1. The van der Waals surface area contributed by atoms with Crippen LogP contribution in [0.1, 0.15) is 6.42 Å². The van der Waals surface area contributed by atoms with E-state index in [1.807, 2.05) is 30.3 Å². The molecule has 0 unspecified atom stereocenters. The average Bonchev–Trinajstić information content (AvgIpc) is 3.09. The first-order chi connectivity index (χ1) is 10.1. The normalized spacial score (nSPS) is 40.8. The van der Waals surface area contributed by atoms with Gasteiger partial charge in [-0.3, -0.25) is 15.0 Å². The van der Waals surface area contributed by atoms with E-state index in [1.54, 1.807) is 0 Å². The van der Waals surface area contributed by atoms with Crippen molar-refractivity contribution in [3.05, 3.63) is 30.3 Å². The van der Waals surface area contributed by atoms with E-state index >= 15 is 0 Å². The first-order valence-electron chi connectivity index (χ1n) is 7.07. The van der Waals surface area contributed by atoms with Crippen LogP contribution in [-0.2, 0) is 9.59 Å². The van der Waals surface area contributed by atoms with Crippen LogP contribution < -0.4 is 5.43 Å². The van der Waals surface area contributed by atoms with Gasteiger partial charge >= 0.3 is 0 Å².